The zero-order chi connectivity index (χ0) is 12.8. The summed E-state index contributed by atoms with van der Waals surface area (Å²) in [5, 5.41) is 0. The lowest BCUT2D eigenvalue weighted by atomic mass is 10.0. The van der Waals surface area contributed by atoms with E-state index < -0.39 is 0 Å². The van der Waals surface area contributed by atoms with E-state index >= 15 is 0 Å². The van der Waals surface area contributed by atoms with Gasteiger partial charge in [-0.3, -0.25) is 4.79 Å². The molecule has 1 fully saturated rings. The fourth-order valence-corrected chi connectivity index (χ4v) is 2.34. The molecule has 0 aromatic carbocycles. The quantitative estimate of drug-likeness (QED) is 0.726. The first-order valence-corrected chi connectivity index (χ1v) is 6.54. The molecular formula is C13H26N2O2. The Kier molecular flexibility index (Phi) is 5.92. The monoisotopic (exact) mass is 242 g/mol. The van der Waals surface area contributed by atoms with Crippen molar-refractivity contribution >= 4 is 5.91 Å². The summed E-state index contributed by atoms with van der Waals surface area (Å²) >= 11 is 0. The first-order valence-electron chi connectivity index (χ1n) is 6.54. The minimum atomic E-state index is 0.103. The molecule has 100 valence electrons. The van der Waals surface area contributed by atoms with Crippen molar-refractivity contribution < 1.29 is 9.53 Å². The molecule has 4 nitrogen and oxygen atoms in total. The average Bonchev–Trinajstić information content (AvgIpc) is 2.35. The zero-order valence-corrected chi connectivity index (χ0v) is 11.6. The molecule has 0 spiro atoms. The van der Waals surface area contributed by atoms with Gasteiger partial charge in [-0.25, -0.2) is 0 Å². The van der Waals surface area contributed by atoms with Crippen molar-refractivity contribution in [1.29, 1.82) is 0 Å². The predicted molar refractivity (Wildman–Crippen MR) is 68.9 cm³/mol. The fraction of sp³-hybridized carbons (Fsp3) is 0.923. The lowest BCUT2D eigenvalue weighted by Crippen LogP contribution is -2.47. The highest BCUT2D eigenvalue weighted by molar-refractivity contribution is 5.78. The molecule has 0 aromatic heterocycles. The summed E-state index contributed by atoms with van der Waals surface area (Å²) in [6.07, 6.45) is 2.16. The second-order valence-corrected chi connectivity index (χ2v) is 5.17. The van der Waals surface area contributed by atoms with Crippen molar-refractivity contribution in [2.45, 2.75) is 32.7 Å². The minimum absolute atomic E-state index is 0.103. The Morgan fingerprint density at radius 2 is 2.00 bits per heavy atom. The van der Waals surface area contributed by atoms with E-state index in [0.717, 1.165) is 39.1 Å². The first-order chi connectivity index (χ1) is 8.06. The fourth-order valence-electron chi connectivity index (χ4n) is 2.34. The van der Waals surface area contributed by atoms with E-state index in [-0.39, 0.29) is 11.8 Å². The third-order valence-corrected chi connectivity index (χ3v) is 3.56. The average molecular weight is 242 g/mol. The number of nitrogens with zero attached hydrogens (tertiary/aromatic N) is 2. The molecular weight excluding hydrogens is 216 g/mol. The molecule has 0 radical (unpaired) electrons. The topological polar surface area (TPSA) is 32.8 Å². The predicted octanol–water partition coefficient (Wildman–Crippen LogP) is 1.21. The molecule has 0 bridgehead atoms. The molecule has 17 heavy (non-hydrogen) atoms. The lowest BCUT2D eigenvalue weighted by Gasteiger charge is -2.37. The number of rotatable bonds is 5. The molecule has 1 heterocycles. The summed E-state index contributed by atoms with van der Waals surface area (Å²) in [6, 6.07) is 0.420. The van der Waals surface area contributed by atoms with Crippen LogP contribution >= 0.6 is 0 Å². The van der Waals surface area contributed by atoms with Gasteiger partial charge in [0.15, 0.2) is 0 Å². The second-order valence-electron chi connectivity index (χ2n) is 5.17. The van der Waals surface area contributed by atoms with Crippen LogP contribution in [0.3, 0.4) is 0 Å². The number of likely N-dealkylation sites (tertiary alicyclic amines) is 1. The van der Waals surface area contributed by atoms with Gasteiger partial charge in [-0.15, -0.1) is 0 Å². The van der Waals surface area contributed by atoms with Crippen molar-refractivity contribution in [1.82, 2.24) is 9.80 Å². The van der Waals surface area contributed by atoms with Crippen molar-refractivity contribution in [3.63, 3.8) is 0 Å². The summed E-state index contributed by atoms with van der Waals surface area (Å²) in [5.41, 5.74) is 0. The van der Waals surface area contributed by atoms with Crippen molar-refractivity contribution in [2.75, 3.05) is 40.4 Å². The molecule has 4 heteroatoms. The largest absolute Gasteiger partial charge is 0.383 e. The van der Waals surface area contributed by atoms with Crippen molar-refractivity contribution in [3.05, 3.63) is 0 Å². The Morgan fingerprint density at radius 3 is 2.47 bits per heavy atom. The van der Waals surface area contributed by atoms with Gasteiger partial charge >= 0.3 is 0 Å². The Bertz CT molecular complexity index is 236. The van der Waals surface area contributed by atoms with Crippen LogP contribution in [0.5, 0.6) is 0 Å². The second kappa shape index (κ2) is 6.97. The maximum absolute atomic E-state index is 11.9. The molecule has 1 aliphatic heterocycles. The van der Waals surface area contributed by atoms with Crippen LogP contribution in [0.25, 0.3) is 0 Å². The van der Waals surface area contributed by atoms with Gasteiger partial charge in [0.2, 0.25) is 5.91 Å². The van der Waals surface area contributed by atoms with E-state index in [2.05, 4.69) is 4.90 Å². The maximum Gasteiger partial charge on any atom is 0.225 e. The minimum Gasteiger partial charge on any atom is -0.383 e. The number of amides is 1. The molecule has 0 N–H and O–H groups in total. The highest BCUT2D eigenvalue weighted by atomic mass is 16.5. The Balaban J connectivity index is 2.33. The molecule has 0 unspecified atom stereocenters. The molecule has 0 saturated carbocycles. The Hall–Kier alpha value is -0.610. The van der Waals surface area contributed by atoms with E-state index in [0.29, 0.717) is 6.04 Å². The summed E-state index contributed by atoms with van der Waals surface area (Å²) in [5.74, 6) is 0.367. The van der Waals surface area contributed by atoms with E-state index in [1.54, 1.807) is 7.11 Å². The van der Waals surface area contributed by atoms with Crippen molar-refractivity contribution in [2.24, 2.45) is 5.92 Å². The number of piperidine rings is 1. The molecule has 0 aromatic rings. The summed E-state index contributed by atoms with van der Waals surface area (Å²) < 4.78 is 5.08. The van der Waals surface area contributed by atoms with Crippen LogP contribution in [-0.4, -0.2) is 62.1 Å². The number of hydrogen-bond donors (Lipinski definition) is 0. The van der Waals surface area contributed by atoms with E-state index in [1.807, 2.05) is 25.8 Å². The van der Waals surface area contributed by atoms with Crippen molar-refractivity contribution in [3.8, 4) is 0 Å². The van der Waals surface area contributed by atoms with Crippen LogP contribution in [0.1, 0.15) is 26.7 Å². The molecule has 1 saturated heterocycles. The van der Waals surface area contributed by atoms with Gasteiger partial charge in [-0.05, 0) is 12.8 Å². The van der Waals surface area contributed by atoms with E-state index in [4.69, 9.17) is 4.74 Å². The Morgan fingerprint density at radius 1 is 1.41 bits per heavy atom. The third kappa shape index (κ3) is 4.28. The number of ether oxygens (including phenoxy) is 1. The van der Waals surface area contributed by atoms with Crippen LogP contribution in [0.2, 0.25) is 0 Å². The van der Waals surface area contributed by atoms with Crippen LogP contribution < -0.4 is 0 Å². The first kappa shape index (κ1) is 14.5. The van der Waals surface area contributed by atoms with E-state index in [1.165, 1.54) is 0 Å². The number of methoxy groups -OCH3 is 1. The highest BCUT2D eigenvalue weighted by Crippen LogP contribution is 2.16. The smallest absolute Gasteiger partial charge is 0.225 e. The highest BCUT2D eigenvalue weighted by Gasteiger charge is 2.26. The third-order valence-electron chi connectivity index (χ3n) is 3.56. The van der Waals surface area contributed by atoms with Gasteiger partial charge in [0.25, 0.3) is 0 Å². The SMILES string of the molecule is COCCN1CCC(N(C)C(=O)C(C)C)CC1. The van der Waals surface area contributed by atoms with Crippen LogP contribution in [0, 0.1) is 5.92 Å². The molecule has 1 amide bonds. The van der Waals surface area contributed by atoms with Crippen LogP contribution in [-0.2, 0) is 9.53 Å². The van der Waals surface area contributed by atoms with Gasteiger partial charge in [-0.1, -0.05) is 13.8 Å². The summed E-state index contributed by atoms with van der Waals surface area (Å²) in [6.45, 7) is 7.88. The zero-order valence-electron chi connectivity index (χ0n) is 11.6. The van der Waals surface area contributed by atoms with Crippen LogP contribution in [0.4, 0.5) is 0 Å². The van der Waals surface area contributed by atoms with Gasteiger partial charge in [0, 0.05) is 45.8 Å². The number of hydrogen-bond acceptors (Lipinski definition) is 3. The molecule has 1 aliphatic rings. The van der Waals surface area contributed by atoms with Crippen LogP contribution in [0.15, 0.2) is 0 Å². The number of carbonyl (C=O) groups is 1. The molecule has 0 aliphatic carbocycles. The Labute approximate surface area is 105 Å². The van der Waals surface area contributed by atoms with Gasteiger partial charge < -0.3 is 14.5 Å². The van der Waals surface area contributed by atoms with E-state index in [9.17, 15) is 4.79 Å². The molecule has 0 atom stereocenters. The molecule has 1 rings (SSSR count). The van der Waals surface area contributed by atoms with Gasteiger partial charge in [0.1, 0.15) is 0 Å². The lowest BCUT2D eigenvalue weighted by molar-refractivity contribution is -0.136. The summed E-state index contributed by atoms with van der Waals surface area (Å²) in [4.78, 5) is 16.2. The number of carbonyl (C=O) groups excluding carboxylic acids is 1. The maximum atomic E-state index is 11.9. The van der Waals surface area contributed by atoms with Gasteiger partial charge in [0.05, 0.1) is 6.61 Å². The van der Waals surface area contributed by atoms with Gasteiger partial charge in [-0.2, -0.15) is 0 Å². The summed E-state index contributed by atoms with van der Waals surface area (Å²) in [7, 11) is 3.68. The normalized spacial score (nSPS) is 18.6. The standard InChI is InChI=1S/C13H26N2O2/c1-11(2)13(16)14(3)12-5-7-15(8-6-12)9-10-17-4/h11-12H,5-10H2,1-4H3.